The molecule has 0 unspecified atom stereocenters. The predicted molar refractivity (Wildman–Crippen MR) is 389 cm³/mol. The normalized spacial score (nSPS) is 12.5. The van der Waals surface area contributed by atoms with E-state index in [2.05, 4.69) is 363 Å². The molecule has 0 saturated carbocycles. The van der Waals surface area contributed by atoms with Crippen molar-refractivity contribution in [1.29, 1.82) is 0 Å². The molecule has 4 heteroatoms. The molecule has 0 fully saturated rings. The van der Waals surface area contributed by atoms with Crippen molar-refractivity contribution >= 4 is 74.3 Å². The van der Waals surface area contributed by atoms with Crippen LogP contribution in [0.15, 0.2) is 182 Å². The van der Waals surface area contributed by atoms with E-state index in [0.29, 0.717) is 0 Å². The van der Waals surface area contributed by atoms with Gasteiger partial charge in [-0.05, 0) is 217 Å². The first kappa shape index (κ1) is 64.9. The number of hydrogen-bond donors (Lipinski definition) is 0. The third-order valence-electron chi connectivity index (χ3n) is 18.3. The summed E-state index contributed by atoms with van der Waals surface area (Å²) in [6.45, 7) is 55.3. The van der Waals surface area contributed by atoms with Crippen LogP contribution in [-0.2, 0) is 32.5 Å². The van der Waals surface area contributed by atoms with E-state index >= 15 is 0 Å². The quantitative estimate of drug-likeness (QED) is 0.113. The van der Waals surface area contributed by atoms with Crippen LogP contribution in [0.3, 0.4) is 0 Å². The first-order chi connectivity index (χ1) is 40.9. The van der Waals surface area contributed by atoms with Gasteiger partial charge in [0.1, 0.15) is 0 Å². The fourth-order valence-electron chi connectivity index (χ4n) is 13.0. The van der Waals surface area contributed by atoms with Crippen molar-refractivity contribution in [3.63, 3.8) is 0 Å². The molecule has 9 aromatic rings. The maximum absolute atomic E-state index is 2.46. The number of benzene rings is 9. The summed E-state index contributed by atoms with van der Waals surface area (Å²) < 4.78 is 0. The van der Waals surface area contributed by atoms with Crippen LogP contribution in [0.5, 0.6) is 0 Å². The van der Waals surface area contributed by atoms with Crippen LogP contribution in [0.2, 0.25) is 0 Å². The Bertz CT molecular complexity index is 3260. The molecule has 0 aliphatic rings. The van der Waals surface area contributed by atoms with Crippen molar-refractivity contribution in [3.05, 3.63) is 249 Å². The SMILES string of the molecule is Cc1cc(N(c2ccc(C(C)(C)C)cc2)c2ccc(C(C)(C)C)cc2)cc(C)c1B(c1c(C)cc(N(c2ccc(C(C)(C)C)cc2)c2ccc(C(C)(C)C)cc2)cc1C)c1c(C)cc(N(c2ccc(C(C)(C)C)cc2)c2ccc(C(C)(C)C)cc2)cc1C. The van der Waals surface area contributed by atoms with E-state index in [1.807, 2.05) is 0 Å². The minimum absolute atomic E-state index is 0.0336. The van der Waals surface area contributed by atoms with Crippen molar-refractivity contribution in [2.75, 3.05) is 14.7 Å². The standard InChI is InChI=1S/C84H102BN3/c1-55-49-73(86(67-37-25-61(26-38-67)79(7,8)9)68-39-27-62(28-40-68)80(10,11)12)50-56(2)76(55)85(77-57(3)51-74(52-58(77)4)87(69-41-29-63(30-42-69)81(13,14)15)70-43-31-64(32-44-70)82(16,17)18)78-59(5)53-75(54-60(78)6)88(71-45-33-65(34-46-71)83(19,20)21)72-47-35-66(36-48-72)84(22,23)24/h25-54H,1-24H3. The lowest BCUT2D eigenvalue weighted by Crippen LogP contribution is -2.57. The molecule has 0 heterocycles. The van der Waals surface area contributed by atoms with Gasteiger partial charge < -0.3 is 14.7 Å². The zero-order chi connectivity index (χ0) is 64.4. The van der Waals surface area contributed by atoms with Crippen molar-refractivity contribution < 1.29 is 0 Å². The third kappa shape index (κ3) is 13.8. The summed E-state index contributed by atoms with van der Waals surface area (Å²) in [6, 6.07) is 70.2. The molecule has 0 bridgehead atoms. The summed E-state index contributed by atoms with van der Waals surface area (Å²) in [5, 5.41) is 0. The highest BCUT2D eigenvalue weighted by molar-refractivity contribution is 6.97. The molecule has 0 N–H and O–H groups in total. The Balaban J connectivity index is 1.28. The maximum Gasteiger partial charge on any atom is 0.243 e. The van der Waals surface area contributed by atoms with Crippen LogP contribution < -0.4 is 31.1 Å². The van der Waals surface area contributed by atoms with Gasteiger partial charge in [0, 0.05) is 51.2 Å². The molecule has 0 atom stereocenters. The fourth-order valence-corrected chi connectivity index (χ4v) is 13.0. The van der Waals surface area contributed by atoms with Gasteiger partial charge in [-0.1, -0.05) is 247 Å². The molecule has 456 valence electrons. The molecule has 0 radical (unpaired) electrons. The molecule has 0 aliphatic heterocycles. The summed E-state index contributed by atoms with van der Waals surface area (Å²) in [4.78, 5) is 7.38. The molecule has 0 aliphatic carbocycles. The van der Waals surface area contributed by atoms with Gasteiger partial charge in [0.2, 0.25) is 6.71 Å². The molecular weight excluding hydrogens is 1060 g/mol. The fraction of sp³-hybridized carbons (Fsp3) is 0.357. The topological polar surface area (TPSA) is 9.72 Å². The lowest BCUT2D eigenvalue weighted by molar-refractivity contribution is 0.590. The Morgan fingerprint density at radius 2 is 0.318 bits per heavy atom. The maximum atomic E-state index is 2.46. The Morgan fingerprint density at radius 1 is 0.193 bits per heavy atom. The van der Waals surface area contributed by atoms with Crippen LogP contribution >= 0.6 is 0 Å². The molecular formula is C84H102BN3. The minimum atomic E-state index is -0.0982. The average molecular weight is 1160 g/mol. The van der Waals surface area contributed by atoms with E-state index in [1.54, 1.807) is 0 Å². The average Bonchev–Trinajstić information content (AvgIpc) is 1.11. The zero-order valence-corrected chi connectivity index (χ0v) is 58.2. The molecule has 0 aromatic heterocycles. The van der Waals surface area contributed by atoms with Gasteiger partial charge in [-0.25, -0.2) is 0 Å². The Labute approximate surface area is 533 Å². The Kier molecular flexibility index (Phi) is 17.8. The van der Waals surface area contributed by atoms with E-state index < -0.39 is 0 Å². The highest BCUT2D eigenvalue weighted by Crippen LogP contribution is 2.42. The van der Waals surface area contributed by atoms with Crippen LogP contribution in [0.1, 0.15) is 191 Å². The van der Waals surface area contributed by atoms with Gasteiger partial charge >= 0.3 is 0 Å². The molecule has 0 amide bonds. The molecule has 9 rings (SSSR count). The molecule has 0 spiro atoms. The molecule has 0 saturated heterocycles. The number of aryl methyl sites for hydroxylation is 6. The van der Waals surface area contributed by atoms with Gasteiger partial charge in [-0.3, -0.25) is 0 Å². The lowest BCUT2D eigenvalue weighted by atomic mass is 9.33. The summed E-state index contributed by atoms with van der Waals surface area (Å²) in [6.07, 6.45) is 0. The second kappa shape index (κ2) is 24.1. The van der Waals surface area contributed by atoms with E-state index in [9.17, 15) is 0 Å². The largest absolute Gasteiger partial charge is 0.310 e. The van der Waals surface area contributed by atoms with Crippen LogP contribution in [0.25, 0.3) is 0 Å². The summed E-state index contributed by atoms with van der Waals surface area (Å²) in [5.41, 5.74) is 29.9. The second-order valence-corrected chi connectivity index (χ2v) is 31.7. The van der Waals surface area contributed by atoms with Gasteiger partial charge in [0.25, 0.3) is 0 Å². The Hall–Kier alpha value is -7.56. The smallest absolute Gasteiger partial charge is 0.243 e. The second-order valence-electron chi connectivity index (χ2n) is 31.7. The first-order valence-corrected chi connectivity index (χ1v) is 32.3. The van der Waals surface area contributed by atoms with Crippen molar-refractivity contribution in [2.24, 2.45) is 0 Å². The molecule has 3 nitrogen and oxygen atoms in total. The summed E-state index contributed by atoms with van der Waals surface area (Å²) in [5.74, 6) is 0. The highest BCUT2D eigenvalue weighted by atomic mass is 15.2. The zero-order valence-electron chi connectivity index (χ0n) is 58.2. The van der Waals surface area contributed by atoms with Gasteiger partial charge in [-0.2, -0.15) is 0 Å². The van der Waals surface area contributed by atoms with Crippen LogP contribution in [-0.4, -0.2) is 6.71 Å². The van der Waals surface area contributed by atoms with E-state index in [-0.39, 0.29) is 39.2 Å². The molecule has 88 heavy (non-hydrogen) atoms. The Morgan fingerprint density at radius 3 is 0.432 bits per heavy atom. The van der Waals surface area contributed by atoms with Gasteiger partial charge in [0.05, 0.1) is 0 Å². The monoisotopic (exact) mass is 1160 g/mol. The van der Waals surface area contributed by atoms with Crippen LogP contribution in [0.4, 0.5) is 51.2 Å². The summed E-state index contributed by atoms with van der Waals surface area (Å²) >= 11 is 0. The van der Waals surface area contributed by atoms with Crippen LogP contribution in [0, 0.1) is 41.5 Å². The number of anilines is 9. The molecule has 9 aromatic carbocycles. The van der Waals surface area contributed by atoms with E-state index in [0.717, 1.165) is 51.2 Å². The van der Waals surface area contributed by atoms with Gasteiger partial charge in [0.15, 0.2) is 0 Å². The lowest BCUT2D eigenvalue weighted by Gasteiger charge is -2.33. The van der Waals surface area contributed by atoms with Crippen molar-refractivity contribution in [2.45, 2.75) is 199 Å². The van der Waals surface area contributed by atoms with Crippen molar-refractivity contribution in [3.8, 4) is 0 Å². The number of hydrogen-bond acceptors (Lipinski definition) is 3. The number of nitrogens with zero attached hydrogens (tertiary/aromatic N) is 3. The predicted octanol–water partition coefficient (Wildman–Crippen LogP) is 22.2. The number of rotatable bonds is 12. The first-order valence-electron chi connectivity index (χ1n) is 32.3. The van der Waals surface area contributed by atoms with E-state index in [1.165, 1.54) is 83.1 Å². The summed E-state index contributed by atoms with van der Waals surface area (Å²) in [7, 11) is 0. The minimum Gasteiger partial charge on any atom is -0.310 e. The highest BCUT2D eigenvalue weighted by Gasteiger charge is 2.34. The van der Waals surface area contributed by atoms with Gasteiger partial charge in [-0.15, -0.1) is 0 Å². The third-order valence-corrected chi connectivity index (χ3v) is 18.3. The van der Waals surface area contributed by atoms with E-state index in [4.69, 9.17) is 0 Å². The van der Waals surface area contributed by atoms with Crippen molar-refractivity contribution in [1.82, 2.24) is 0 Å².